The minimum Gasteiger partial charge on any atom is -0.444 e. The van der Waals surface area contributed by atoms with Crippen LogP contribution in [0.15, 0.2) is 48.5 Å². The van der Waals surface area contributed by atoms with Crippen molar-refractivity contribution in [2.24, 2.45) is 0 Å². The second kappa shape index (κ2) is 7.03. The highest BCUT2D eigenvalue weighted by Gasteiger charge is 2.41. The maximum Gasteiger partial charge on any atom is 0.410 e. The van der Waals surface area contributed by atoms with Crippen LogP contribution in [0.1, 0.15) is 58.7 Å². The monoisotopic (exact) mass is 392 g/mol. The number of amides is 3. The number of carbonyl (C=O) groups is 3. The van der Waals surface area contributed by atoms with E-state index in [4.69, 9.17) is 4.74 Å². The van der Waals surface area contributed by atoms with E-state index < -0.39 is 17.7 Å². The number of hydrogen-bond acceptors (Lipinski definition) is 4. The van der Waals surface area contributed by atoms with E-state index in [1.807, 2.05) is 45.0 Å². The Morgan fingerprint density at radius 2 is 1.59 bits per heavy atom. The van der Waals surface area contributed by atoms with Crippen LogP contribution >= 0.6 is 0 Å². The largest absolute Gasteiger partial charge is 0.444 e. The van der Waals surface area contributed by atoms with Gasteiger partial charge < -0.3 is 4.74 Å². The average molecular weight is 392 g/mol. The Morgan fingerprint density at radius 1 is 1.00 bits per heavy atom. The zero-order valence-electron chi connectivity index (χ0n) is 16.8. The Kier molecular flexibility index (Phi) is 4.65. The van der Waals surface area contributed by atoms with E-state index in [2.05, 4.69) is 0 Å². The van der Waals surface area contributed by atoms with Gasteiger partial charge in [0.15, 0.2) is 0 Å². The summed E-state index contributed by atoms with van der Waals surface area (Å²) in [5.74, 6) is -0.643. The predicted molar refractivity (Wildman–Crippen MR) is 108 cm³/mol. The Balaban J connectivity index is 1.68. The molecular weight excluding hydrogens is 368 g/mol. The van der Waals surface area contributed by atoms with Gasteiger partial charge in [-0.05, 0) is 50.5 Å². The molecule has 29 heavy (non-hydrogen) atoms. The summed E-state index contributed by atoms with van der Waals surface area (Å²) < 4.78 is 5.60. The average Bonchev–Trinajstić information content (AvgIpc) is 2.92. The molecule has 1 atom stereocenters. The molecule has 0 saturated carbocycles. The molecule has 2 aromatic carbocycles. The number of nitrogens with zero attached hydrogens (tertiary/aromatic N) is 2. The standard InChI is InChI=1S/C23H24N2O4/c1-23(2,3)29-22(28)24-13-12-15-8-4-5-9-16(15)19(24)14-25-20(26)17-10-6-7-11-18(17)21(25)27/h4-11,19H,12-14H2,1-3H3. The Hall–Kier alpha value is -3.15. The molecule has 0 fully saturated rings. The maximum absolute atomic E-state index is 12.9. The molecule has 0 N–H and O–H groups in total. The summed E-state index contributed by atoms with van der Waals surface area (Å²) in [6.45, 7) is 6.04. The highest BCUT2D eigenvalue weighted by atomic mass is 16.6. The lowest BCUT2D eigenvalue weighted by molar-refractivity contribution is 0.00988. The minimum atomic E-state index is -0.631. The van der Waals surface area contributed by atoms with Gasteiger partial charge in [0, 0.05) is 6.54 Å². The van der Waals surface area contributed by atoms with Crippen LogP contribution in [-0.2, 0) is 11.2 Å². The van der Waals surface area contributed by atoms with Crippen molar-refractivity contribution < 1.29 is 19.1 Å². The second-order valence-electron chi connectivity index (χ2n) is 8.40. The molecule has 2 aliphatic heterocycles. The first-order chi connectivity index (χ1) is 13.8. The van der Waals surface area contributed by atoms with Crippen molar-refractivity contribution in [3.63, 3.8) is 0 Å². The van der Waals surface area contributed by atoms with Crippen LogP contribution in [0.25, 0.3) is 0 Å². The third-order valence-corrected chi connectivity index (χ3v) is 5.27. The highest BCUT2D eigenvalue weighted by molar-refractivity contribution is 6.21. The lowest BCUT2D eigenvalue weighted by Crippen LogP contribution is -2.48. The molecule has 0 radical (unpaired) electrons. The Labute approximate surface area is 170 Å². The summed E-state index contributed by atoms with van der Waals surface area (Å²) in [5, 5.41) is 0. The Morgan fingerprint density at radius 3 is 2.21 bits per heavy atom. The number of ether oxygens (including phenoxy) is 1. The van der Waals surface area contributed by atoms with Gasteiger partial charge in [-0.2, -0.15) is 0 Å². The first-order valence-corrected chi connectivity index (χ1v) is 9.79. The summed E-state index contributed by atoms with van der Waals surface area (Å²) in [7, 11) is 0. The maximum atomic E-state index is 12.9. The SMILES string of the molecule is CC(C)(C)OC(=O)N1CCc2ccccc2C1CN1C(=O)c2ccccc2C1=O. The molecule has 4 rings (SSSR count). The molecule has 0 saturated heterocycles. The molecule has 0 spiro atoms. The number of imide groups is 1. The molecule has 0 aliphatic carbocycles. The highest BCUT2D eigenvalue weighted by Crippen LogP contribution is 2.34. The van der Waals surface area contributed by atoms with Crippen molar-refractivity contribution in [1.82, 2.24) is 9.80 Å². The number of rotatable bonds is 2. The van der Waals surface area contributed by atoms with Crippen LogP contribution in [0.2, 0.25) is 0 Å². The zero-order chi connectivity index (χ0) is 20.8. The van der Waals surface area contributed by atoms with Crippen LogP contribution < -0.4 is 0 Å². The van der Waals surface area contributed by atoms with Gasteiger partial charge in [-0.3, -0.25) is 19.4 Å². The topological polar surface area (TPSA) is 66.9 Å². The lowest BCUT2D eigenvalue weighted by atomic mass is 9.92. The van der Waals surface area contributed by atoms with E-state index in [0.29, 0.717) is 24.1 Å². The molecular formula is C23H24N2O4. The molecule has 150 valence electrons. The first kappa shape index (κ1) is 19.2. The van der Waals surface area contributed by atoms with E-state index in [0.717, 1.165) is 11.1 Å². The smallest absolute Gasteiger partial charge is 0.410 e. The van der Waals surface area contributed by atoms with Crippen LogP contribution in [0.3, 0.4) is 0 Å². The fourth-order valence-corrected chi connectivity index (χ4v) is 3.97. The fourth-order valence-electron chi connectivity index (χ4n) is 3.97. The zero-order valence-corrected chi connectivity index (χ0v) is 16.8. The fraction of sp³-hybridized carbons (Fsp3) is 0.348. The molecule has 2 heterocycles. The molecule has 6 heteroatoms. The number of carbonyl (C=O) groups excluding carboxylic acids is 3. The second-order valence-corrected chi connectivity index (χ2v) is 8.40. The van der Waals surface area contributed by atoms with E-state index in [1.54, 1.807) is 29.2 Å². The van der Waals surface area contributed by atoms with Crippen molar-refractivity contribution >= 4 is 17.9 Å². The third kappa shape index (κ3) is 3.50. The van der Waals surface area contributed by atoms with E-state index >= 15 is 0 Å². The van der Waals surface area contributed by atoms with Gasteiger partial charge in [0.1, 0.15) is 5.60 Å². The molecule has 0 bridgehead atoms. The van der Waals surface area contributed by atoms with Gasteiger partial charge in [-0.25, -0.2) is 4.79 Å². The number of hydrogen-bond donors (Lipinski definition) is 0. The summed E-state index contributed by atoms with van der Waals surface area (Å²) in [6, 6.07) is 14.2. The summed E-state index contributed by atoms with van der Waals surface area (Å²) in [4.78, 5) is 41.5. The molecule has 2 aliphatic rings. The van der Waals surface area contributed by atoms with Gasteiger partial charge in [0.05, 0.1) is 23.7 Å². The van der Waals surface area contributed by atoms with Gasteiger partial charge in [0.2, 0.25) is 0 Å². The molecule has 2 aromatic rings. The molecule has 3 amide bonds. The molecule has 0 aromatic heterocycles. The first-order valence-electron chi connectivity index (χ1n) is 9.79. The van der Waals surface area contributed by atoms with Gasteiger partial charge in [-0.15, -0.1) is 0 Å². The summed E-state index contributed by atoms with van der Waals surface area (Å²) in [5.41, 5.74) is 2.25. The van der Waals surface area contributed by atoms with Crippen LogP contribution in [-0.4, -0.2) is 46.4 Å². The van der Waals surface area contributed by atoms with Crippen LogP contribution in [0.5, 0.6) is 0 Å². The van der Waals surface area contributed by atoms with Crippen molar-refractivity contribution in [2.75, 3.05) is 13.1 Å². The van der Waals surface area contributed by atoms with Crippen molar-refractivity contribution in [3.05, 3.63) is 70.8 Å². The van der Waals surface area contributed by atoms with Crippen molar-refractivity contribution in [3.8, 4) is 0 Å². The Bertz CT molecular complexity index is 957. The molecule has 1 unspecified atom stereocenters. The summed E-state index contributed by atoms with van der Waals surface area (Å²) >= 11 is 0. The van der Waals surface area contributed by atoms with Crippen LogP contribution in [0, 0.1) is 0 Å². The van der Waals surface area contributed by atoms with Crippen molar-refractivity contribution in [2.45, 2.75) is 38.8 Å². The third-order valence-electron chi connectivity index (χ3n) is 5.27. The van der Waals surface area contributed by atoms with Crippen molar-refractivity contribution in [1.29, 1.82) is 0 Å². The van der Waals surface area contributed by atoms with Gasteiger partial charge >= 0.3 is 6.09 Å². The summed E-state index contributed by atoms with van der Waals surface area (Å²) in [6.07, 6.45) is 0.266. The number of fused-ring (bicyclic) bond motifs is 2. The van der Waals surface area contributed by atoms with Gasteiger partial charge in [0.25, 0.3) is 11.8 Å². The van der Waals surface area contributed by atoms with Gasteiger partial charge in [-0.1, -0.05) is 36.4 Å². The van der Waals surface area contributed by atoms with Crippen LogP contribution in [0.4, 0.5) is 4.79 Å². The van der Waals surface area contributed by atoms with E-state index in [1.165, 1.54) is 4.90 Å². The quantitative estimate of drug-likeness (QED) is 0.729. The van der Waals surface area contributed by atoms with E-state index in [-0.39, 0.29) is 18.4 Å². The molecule has 6 nitrogen and oxygen atoms in total. The minimum absolute atomic E-state index is 0.0998. The predicted octanol–water partition coefficient (Wildman–Crippen LogP) is 3.82. The van der Waals surface area contributed by atoms with E-state index in [9.17, 15) is 14.4 Å². The number of benzene rings is 2. The normalized spacial score (nSPS) is 18.5. The lowest BCUT2D eigenvalue weighted by Gasteiger charge is -2.39.